The number of nitrogens with zero attached hydrogens (tertiary/aromatic N) is 4. The Labute approximate surface area is 167 Å². The fourth-order valence-electron chi connectivity index (χ4n) is 3.17. The molecule has 0 bridgehead atoms. The molecule has 0 unspecified atom stereocenters. The summed E-state index contributed by atoms with van der Waals surface area (Å²) in [7, 11) is 1.22. The highest BCUT2D eigenvalue weighted by Crippen LogP contribution is 2.30. The Balaban J connectivity index is 2.34. The molecule has 0 saturated carbocycles. The number of nitrogens with two attached hydrogens (primary N) is 1. The lowest BCUT2D eigenvalue weighted by Crippen LogP contribution is -2.06. The van der Waals surface area contributed by atoms with Crippen LogP contribution in [0.3, 0.4) is 0 Å². The summed E-state index contributed by atoms with van der Waals surface area (Å²) >= 11 is 0. The van der Waals surface area contributed by atoms with Crippen LogP contribution in [0.4, 0.5) is 5.82 Å². The zero-order chi connectivity index (χ0) is 21.0. The Hall–Kier alpha value is -3.70. The zero-order valence-corrected chi connectivity index (χ0v) is 16.2. The Bertz CT molecular complexity index is 1140. The number of aliphatic hydroxyl groups excluding tert-OH is 1. The van der Waals surface area contributed by atoms with E-state index in [1.165, 1.54) is 19.5 Å². The number of esters is 1. The number of benzene rings is 1. The monoisotopic (exact) mass is 391 g/mol. The molecule has 0 fully saturated rings. The number of carbonyl (C=O) groups is 1. The first-order valence-corrected chi connectivity index (χ1v) is 9.03. The number of carbonyl (C=O) groups excluding carboxylic acids is 1. The van der Waals surface area contributed by atoms with Crippen molar-refractivity contribution >= 4 is 28.9 Å². The number of aryl methyl sites for hydroxylation is 2. The van der Waals surface area contributed by atoms with Crippen LogP contribution in [-0.2, 0) is 16.0 Å². The van der Waals surface area contributed by atoms with Gasteiger partial charge in [0.1, 0.15) is 23.8 Å². The van der Waals surface area contributed by atoms with E-state index in [1.807, 2.05) is 35.8 Å². The Kier molecular flexibility index (Phi) is 5.90. The minimum absolute atomic E-state index is 0.0720. The third-order valence-electron chi connectivity index (χ3n) is 4.56. The summed E-state index contributed by atoms with van der Waals surface area (Å²) in [6.45, 7) is 2.04. The molecule has 0 spiro atoms. The van der Waals surface area contributed by atoms with E-state index in [0.29, 0.717) is 35.4 Å². The highest BCUT2D eigenvalue weighted by atomic mass is 16.5. The second-order valence-corrected chi connectivity index (χ2v) is 6.52. The summed E-state index contributed by atoms with van der Waals surface area (Å²) < 4.78 is 6.54. The van der Waals surface area contributed by atoms with Crippen molar-refractivity contribution < 1.29 is 14.6 Å². The van der Waals surface area contributed by atoms with E-state index in [0.717, 1.165) is 16.8 Å². The molecule has 148 valence electrons. The minimum atomic E-state index is -0.729. The van der Waals surface area contributed by atoms with Gasteiger partial charge in [-0.25, -0.2) is 14.8 Å². The topological polar surface area (TPSA) is 127 Å². The predicted octanol–water partition coefficient (Wildman–Crippen LogP) is 2.32. The average Bonchev–Trinajstić information content (AvgIpc) is 3.09. The summed E-state index contributed by atoms with van der Waals surface area (Å²) in [6, 6.07) is 9.59. The number of aromatic nitrogens is 3. The molecule has 0 atom stereocenters. The molecule has 8 heteroatoms. The number of nitriles is 1. The third-order valence-corrected chi connectivity index (χ3v) is 4.56. The molecule has 3 N–H and O–H groups in total. The largest absolute Gasteiger partial charge is 0.465 e. The molecule has 0 saturated heterocycles. The smallest absolute Gasteiger partial charge is 0.348 e. The van der Waals surface area contributed by atoms with Gasteiger partial charge in [-0.3, -0.25) is 4.57 Å². The van der Waals surface area contributed by atoms with Gasteiger partial charge in [0, 0.05) is 6.61 Å². The lowest BCUT2D eigenvalue weighted by atomic mass is 10.0. The second kappa shape index (κ2) is 8.54. The summed E-state index contributed by atoms with van der Waals surface area (Å²) in [4.78, 5) is 20.4. The van der Waals surface area contributed by atoms with Crippen LogP contribution in [0.2, 0.25) is 0 Å². The molecule has 0 amide bonds. The van der Waals surface area contributed by atoms with E-state index < -0.39 is 5.97 Å². The Morgan fingerprint density at radius 3 is 2.86 bits per heavy atom. The van der Waals surface area contributed by atoms with E-state index in [1.54, 1.807) is 6.07 Å². The van der Waals surface area contributed by atoms with Crippen LogP contribution in [0.5, 0.6) is 0 Å². The fraction of sp³-hybridized carbons (Fsp3) is 0.238. The lowest BCUT2D eigenvalue weighted by molar-refractivity contribution is -0.135. The number of hydrogen-bond donors (Lipinski definition) is 2. The number of hydrogen-bond acceptors (Lipinski definition) is 7. The van der Waals surface area contributed by atoms with Crippen LogP contribution in [0.1, 0.15) is 23.2 Å². The fourth-order valence-corrected chi connectivity index (χ4v) is 3.17. The number of rotatable bonds is 6. The summed E-state index contributed by atoms with van der Waals surface area (Å²) in [5.41, 5.74) is 9.85. The first-order chi connectivity index (χ1) is 14.0. The van der Waals surface area contributed by atoms with Crippen molar-refractivity contribution in [1.82, 2.24) is 14.5 Å². The summed E-state index contributed by atoms with van der Waals surface area (Å²) in [5, 5.41) is 19.3. The molecule has 0 aliphatic heterocycles. The Morgan fingerprint density at radius 1 is 1.38 bits per heavy atom. The Morgan fingerprint density at radius 2 is 2.17 bits per heavy atom. The van der Waals surface area contributed by atoms with Crippen LogP contribution < -0.4 is 5.73 Å². The second-order valence-electron chi connectivity index (χ2n) is 6.52. The molecule has 3 rings (SSSR count). The van der Waals surface area contributed by atoms with Gasteiger partial charge in [0.25, 0.3) is 0 Å². The minimum Gasteiger partial charge on any atom is -0.465 e. The number of anilines is 1. The van der Waals surface area contributed by atoms with Gasteiger partial charge < -0.3 is 15.6 Å². The van der Waals surface area contributed by atoms with E-state index in [9.17, 15) is 15.2 Å². The van der Waals surface area contributed by atoms with Crippen LogP contribution in [0.25, 0.3) is 22.8 Å². The maximum absolute atomic E-state index is 11.9. The maximum atomic E-state index is 11.9. The number of ether oxygens (including phenoxy) is 1. The van der Waals surface area contributed by atoms with E-state index in [-0.39, 0.29) is 12.2 Å². The van der Waals surface area contributed by atoms with Gasteiger partial charge in [-0.2, -0.15) is 5.26 Å². The van der Waals surface area contributed by atoms with Gasteiger partial charge in [0.15, 0.2) is 5.65 Å². The molecule has 1 aromatic carbocycles. The normalized spacial score (nSPS) is 11.4. The summed E-state index contributed by atoms with van der Waals surface area (Å²) in [6.07, 6.45) is 4.07. The van der Waals surface area contributed by atoms with Crippen LogP contribution in [0, 0.1) is 18.3 Å². The van der Waals surface area contributed by atoms with E-state index in [4.69, 9.17) is 10.5 Å². The van der Waals surface area contributed by atoms with Gasteiger partial charge in [-0.05, 0) is 49.1 Å². The van der Waals surface area contributed by atoms with Crippen molar-refractivity contribution in [2.45, 2.75) is 19.8 Å². The van der Waals surface area contributed by atoms with Crippen molar-refractivity contribution in [3.63, 3.8) is 0 Å². The molecule has 29 heavy (non-hydrogen) atoms. The van der Waals surface area contributed by atoms with Gasteiger partial charge in [-0.15, -0.1) is 0 Å². The van der Waals surface area contributed by atoms with E-state index >= 15 is 0 Å². The standard InChI is InChI=1S/C21H21N5O3/c1-13-5-6-14(4-3-7-27)18(8-13)26-16(9-15(11-22)21(28)29-2)10-17-19(23)24-12-25-20(17)26/h5-6,8-10,12,27H,3-4,7H2,1-2H3,(H2,23,24,25). The number of methoxy groups -OCH3 is 1. The quantitative estimate of drug-likeness (QED) is 0.375. The molecule has 0 aliphatic rings. The average molecular weight is 391 g/mol. The zero-order valence-electron chi connectivity index (χ0n) is 16.2. The van der Waals surface area contributed by atoms with Gasteiger partial charge >= 0.3 is 5.97 Å². The SMILES string of the molecule is COC(=O)C(C#N)=Cc1cc2c(N)ncnc2n1-c1cc(C)ccc1CCCO. The van der Waals surface area contributed by atoms with Crippen molar-refractivity contribution in [1.29, 1.82) is 5.26 Å². The first-order valence-electron chi connectivity index (χ1n) is 9.03. The predicted molar refractivity (Wildman–Crippen MR) is 109 cm³/mol. The van der Waals surface area contributed by atoms with Crippen LogP contribution >= 0.6 is 0 Å². The molecular formula is C21H21N5O3. The number of aliphatic hydroxyl groups is 1. The molecule has 0 radical (unpaired) electrons. The van der Waals surface area contributed by atoms with Crippen molar-refractivity contribution in [2.75, 3.05) is 19.5 Å². The molecule has 2 aromatic heterocycles. The van der Waals surface area contributed by atoms with Crippen molar-refractivity contribution in [3.05, 3.63) is 53.0 Å². The molecule has 8 nitrogen and oxygen atoms in total. The third kappa shape index (κ3) is 3.95. The first kappa shape index (κ1) is 20.0. The van der Waals surface area contributed by atoms with Crippen molar-refractivity contribution in [3.8, 4) is 11.8 Å². The van der Waals surface area contributed by atoms with Gasteiger partial charge in [0.2, 0.25) is 0 Å². The van der Waals surface area contributed by atoms with Crippen LogP contribution in [-0.4, -0.2) is 39.3 Å². The molecular weight excluding hydrogens is 370 g/mol. The summed E-state index contributed by atoms with van der Waals surface area (Å²) in [5.74, 6) is -0.433. The highest BCUT2D eigenvalue weighted by molar-refractivity contribution is 5.99. The molecule has 3 aromatic rings. The molecule has 0 aliphatic carbocycles. The van der Waals surface area contributed by atoms with Crippen LogP contribution in [0.15, 0.2) is 36.2 Å². The van der Waals surface area contributed by atoms with Crippen molar-refractivity contribution in [2.24, 2.45) is 0 Å². The highest BCUT2D eigenvalue weighted by Gasteiger charge is 2.18. The lowest BCUT2D eigenvalue weighted by Gasteiger charge is -2.15. The maximum Gasteiger partial charge on any atom is 0.348 e. The van der Waals surface area contributed by atoms with Gasteiger partial charge in [0.05, 0.1) is 23.9 Å². The molecule has 2 heterocycles. The van der Waals surface area contributed by atoms with E-state index in [2.05, 4.69) is 9.97 Å². The number of fused-ring (bicyclic) bond motifs is 1. The number of nitrogen functional groups attached to an aromatic ring is 1. The van der Waals surface area contributed by atoms with Gasteiger partial charge in [-0.1, -0.05) is 12.1 Å².